The second kappa shape index (κ2) is 11.3. The van der Waals surface area contributed by atoms with Crippen LogP contribution in [0.15, 0.2) is 48.0 Å². The van der Waals surface area contributed by atoms with E-state index < -0.39 is 11.6 Å². The van der Waals surface area contributed by atoms with Crippen molar-refractivity contribution in [2.75, 3.05) is 0 Å². The predicted octanol–water partition coefficient (Wildman–Crippen LogP) is 8.12. The van der Waals surface area contributed by atoms with Crippen molar-refractivity contribution in [3.05, 3.63) is 75.3 Å². The number of unbranched alkanes of at least 4 members (excludes halogenated alkanes) is 2. The molecule has 0 unspecified atom stereocenters. The van der Waals surface area contributed by atoms with Gasteiger partial charge in [0, 0.05) is 10.6 Å². The molecule has 0 aliphatic rings. The normalized spacial score (nSPS) is 11.8. The molecule has 3 aromatic rings. The monoisotopic (exact) mass is 446 g/mol. The van der Waals surface area contributed by atoms with E-state index in [1.54, 1.807) is 6.07 Å². The lowest BCUT2D eigenvalue weighted by Gasteiger charge is -2.06. The van der Waals surface area contributed by atoms with Crippen molar-refractivity contribution in [2.24, 2.45) is 0 Å². The Kier molecular flexibility index (Phi) is 8.52. The minimum Gasteiger partial charge on any atom is -0.215 e. The summed E-state index contributed by atoms with van der Waals surface area (Å²) in [4.78, 5) is 4.65. The predicted molar refractivity (Wildman–Crippen MR) is 122 cm³/mol. The van der Waals surface area contributed by atoms with Crippen molar-refractivity contribution >= 4 is 29.2 Å². The summed E-state index contributed by atoms with van der Waals surface area (Å²) in [7, 11) is 0. The van der Waals surface area contributed by atoms with Gasteiger partial charge in [-0.15, -0.1) is 0 Å². The molecule has 0 fully saturated rings. The molecule has 6 heteroatoms. The number of aryl methyl sites for hydroxylation is 1. The van der Waals surface area contributed by atoms with Crippen molar-refractivity contribution in [1.82, 2.24) is 9.36 Å². The van der Waals surface area contributed by atoms with Gasteiger partial charge in [-0.25, -0.2) is 13.8 Å². The molecule has 0 aliphatic carbocycles. The minimum atomic E-state index is -0.789. The van der Waals surface area contributed by atoms with Crippen LogP contribution in [0.1, 0.15) is 56.0 Å². The molecule has 0 atom stereocenters. The number of halogens is 3. The van der Waals surface area contributed by atoms with Gasteiger partial charge in [-0.05, 0) is 79.5 Å². The summed E-state index contributed by atoms with van der Waals surface area (Å²) in [5, 5.41) is 1.59. The first-order chi connectivity index (χ1) is 14.5. The molecule has 3 rings (SSSR count). The maximum atomic E-state index is 13.3. The summed E-state index contributed by atoms with van der Waals surface area (Å²) in [6.07, 6.45) is 9.13. The summed E-state index contributed by atoms with van der Waals surface area (Å²) in [5.41, 5.74) is 3.15. The molecule has 0 spiro atoms. The van der Waals surface area contributed by atoms with Crippen LogP contribution >= 0.6 is 23.1 Å². The van der Waals surface area contributed by atoms with E-state index in [2.05, 4.69) is 22.4 Å². The first-order valence-corrected chi connectivity index (χ1v) is 11.4. The molecule has 0 amide bonds. The van der Waals surface area contributed by atoms with E-state index >= 15 is 0 Å². The van der Waals surface area contributed by atoms with Crippen LogP contribution < -0.4 is 0 Å². The number of benzene rings is 2. The van der Waals surface area contributed by atoms with Crippen molar-refractivity contribution < 1.29 is 8.78 Å². The summed E-state index contributed by atoms with van der Waals surface area (Å²) in [6, 6.07) is 11.7. The topological polar surface area (TPSA) is 25.8 Å². The Morgan fingerprint density at radius 3 is 2.67 bits per heavy atom. The second-order valence-corrected chi connectivity index (χ2v) is 8.55. The average Bonchev–Trinajstić information content (AvgIpc) is 3.19. The molecule has 1 aromatic heterocycles. The average molecular weight is 447 g/mol. The lowest BCUT2D eigenvalue weighted by molar-refractivity contribution is 0.506. The minimum absolute atomic E-state index is 0.675. The Balaban J connectivity index is 1.52. The van der Waals surface area contributed by atoms with Crippen molar-refractivity contribution in [3.8, 4) is 11.4 Å². The summed E-state index contributed by atoms with van der Waals surface area (Å²) >= 11 is 7.47. The van der Waals surface area contributed by atoms with Crippen molar-refractivity contribution in [1.29, 1.82) is 0 Å². The van der Waals surface area contributed by atoms with Gasteiger partial charge in [-0.3, -0.25) is 0 Å². The molecule has 1 heterocycles. The van der Waals surface area contributed by atoms with Crippen LogP contribution in [0.25, 0.3) is 17.5 Å². The third-order valence-corrected chi connectivity index (χ3v) is 5.77. The maximum absolute atomic E-state index is 13.3. The highest BCUT2D eigenvalue weighted by atomic mass is 35.5. The Labute approximate surface area is 185 Å². The van der Waals surface area contributed by atoms with Crippen LogP contribution in [0.4, 0.5) is 8.78 Å². The third-order valence-electron chi connectivity index (χ3n) is 4.87. The zero-order valence-electron chi connectivity index (χ0n) is 17.0. The van der Waals surface area contributed by atoms with Gasteiger partial charge in [0.1, 0.15) is 5.01 Å². The molecule has 0 aliphatic heterocycles. The summed E-state index contributed by atoms with van der Waals surface area (Å²) in [6.45, 7) is 2.18. The van der Waals surface area contributed by atoms with Gasteiger partial charge in [0.05, 0.1) is 0 Å². The van der Waals surface area contributed by atoms with Crippen LogP contribution in [0.5, 0.6) is 0 Å². The standard InChI is InChI=1S/C24H25ClF2N2S/c1-2-7-17(8-4-3-5-9-18-12-13-21(26)22(27)14-18)15-23-28-24(29-30-23)19-10-6-11-20(25)16-19/h6,10-16H,2-5,7-9H2,1H3/b17-15-. The lowest BCUT2D eigenvalue weighted by atomic mass is 10.0. The molecule has 0 radical (unpaired) electrons. The summed E-state index contributed by atoms with van der Waals surface area (Å²) < 4.78 is 30.8. The SMILES string of the molecule is CCC/C(=C/c1nc(-c2cccc(Cl)c2)ns1)CCCCCc1ccc(F)c(F)c1. The zero-order chi connectivity index (χ0) is 21.3. The number of nitrogens with zero attached hydrogens (tertiary/aromatic N) is 2. The smallest absolute Gasteiger partial charge is 0.173 e. The molecule has 2 nitrogen and oxygen atoms in total. The molecule has 0 bridgehead atoms. The fraction of sp³-hybridized carbons (Fsp3) is 0.333. The fourth-order valence-corrected chi connectivity index (χ4v) is 4.22. The van der Waals surface area contributed by atoms with Gasteiger partial charge < -0.3 is 0 Å². The summed E-state index contributed by atoms with van der Waals surface area (Å²) in [5.74, 6) is -0.853. The molecule has 0 saturated carbocycles. The number of allylic oxidation sites excluding steroid dienone is 1. The van der Waals surface area contributed by atoms with E-state index in [4.69, 9.17) is 11.6 Å². The van der Waals surface area contributed by atoms with E-state index in [9.17, 15) is 8.78 Å². The highest BCUT2D eigenvalue weighted by Crippen LogP contribution is 2.24. The first kappa shape index (κ1) is 22.6. The second-order valence-electron chi connectivity index (χ2n) is 7.33. The van der Waals surface area contributed by atoms with Gasteiger partial charge in [-0.2, -0.15) is 4.37 Å². The molecular formula is C24H25ClF2N2S. The van der Waals surface area contributed by atoms with E-state index in [-0.39, 0.29) is 0 Å². The quantitative estimate of drug-likeness (QED) is 0.294. The van der Waals surface area contributed by atoms with Crippen LogP contribution in [-0.4, -0.2) is 9.36 Å². The number of hydrogen-bond acceptors (Lipinski definition) is 3. The van der Waals surface area contributed by atoms with Crippen LogP contribution in [-0.2, 0) is 6.42 Å². The molecule has 30 heavy (non-hydrogen) atoms. The van der Waals surface area contributed by atoms with Gasteiger partial charge in [-0.1, -0.05) is 55.1 Å². The van der Waals surface area contributed by atoms with Crippen LogP contribution in [0, 0.1) is 11.6 Å². The highest BCUT2D eigenvalue weighted by molar-refractivity contribution is 7.06. The Hall–Kier alpha value is -2.11. The number of hydrogen-bond donors (Lipinski definition) is 0. The molecular weight excluding hydrogens is 422 g/mol. The largest absolute Gasteiger partial charge is 0.215 e. The lowest BCUT2D eigenvalue weighted by Crippen LogP contribution is -1.91. The van der Waals surface area contributed by atoms with Crippen molar-refractivity contribution in [3.63, 3.8) is 0 Å². The number of rotatable bonds is 10. The van der Waals surface area contributed by atoms with Gasteiger partial charge in [0.15, 0.2) is 17.5 Å². The highest BCUT2D eigenvalue weighted by Gasteiger charge is 2.07. The van der Waals surface area contributed by atoms with Gasteiger partial charge >= 0.3 is 0 Å². The zero-order valence-corrected chi connectivity index (χ0v) is 18.6. The first-order valence-electron chi connectivity index (χ1n) is 10.3. The van der Waals surface area contributed by atoms with Gasteiger partial charge in [0.25, 0.3) is 0 Å². The number of aromatic nitrogens is 2. The third kappa shape index (κ3) is 6.71. The van der Waals surface area contributed by atoms with Gasteiger partial charge in [0.2, 0.25) is 0 Å². The Bertz CT molecular complexity index is 1000. The van der Waals surface area contributed by atoms with Crippen LogP contribution in [0.3, 0.4) is 0 Å². The molecule has 2 aromatic carbocycles. The van der Waals surface area contributed by atoms with E-state index in [1.165, 1.54) is 29.2 Å². The van der Waals surface area contributed by atoms with E-state index in [0.29, 0.717) is 10.8 Å². The van der Waals surface area contributed by atoms with E-state index in [1.807, 2.05) is 24.3 Å². The molecule has 158 valence electrons. The maximum Gasteiger partial charge on any atom is 0.173 e. The molecule has 0 N–H and O–H groups in total. The van der Waals surface area contributed by atoms with Crippen LogP contribution in [0.2, 0.25) is 5.02 Å². The molecule has 0 saturated heterocycles. The van der Waals surface area contributed by atoms with Crippen molar-refractivity contribution in [2.45, 2.75) is 51.9 Å². The van der Waals surface area contributed by atoms with E-state index in [0.717, 1.165) is 61.1 Å². The Morgan fingerprint density at radius 2 is 1.90 bits per heavy atom. The Morgan fingerprint density at radius 1 is 1.03 bits per heavy atom. The fourth-order valence-electron chi connectivity index (χ4n) is 3.36.